The molecule has 0 bridgehead atoms. The normalized spacial score (nSPS) is 11.9. The Morgan fingerprint density at radius 1 is 1.00 bits per heavy atom. The van der Waals surface area contributed by atoms with E-state index in [1.54, 1.807) is 0 Å². The van der Waals surface area contributed by atoms with Gasteiger partial charge < -0.3 is 14.8 Å². The van der Waals surface area contributed by atoms with Crippen LogP contribution >= 0.6 is 0 Å². The van der Waals surface area contributed by atoms with Gasteiger partial charge in [-0.3, -0.25) is 4.79 Å². The predicted molar refractivity (Wildman–Crippen MR) is 106 cm³/mol. The lowest BCUT2D eigenvalue weighted by molar-refractivity contribution is -0.118. The molecule has 0 radical (unpaired) electrons. The summed E-state index contributed by atoms with van der Waals surface area (Å²) in [5.74, 6) is 2.27. The van der Waals surface area contributed by atoms with Crippen molar-refractivity contribution in [1.29, 1.82) is 0 Å². The lowest BCUT2D eigenvalue weighted by Crippen LogP contribution is -2.20. The van der Waals surface area contributed by atoms with Crippen LogP contribution in [0.15, 0.2) is 48.5 Å². The van der Waals surface area contributed by atoms with E-state index in [-0.39, 0.29) is 12.5 Å². The zero-order valence-electron chi connectivity index (χ0n) is 16.1. The van der Waals surface area contributed by atoms with Gasteiger partial charge in [0, 0.05) is 5.69 Å². The van der Waals surface area contributed by atoms with Crippen LogP contribution in [0.25, 0.3) is 0 Å². The first-order valence-corrected chi connectivity index (χ1v) is 9.24. The van der Waals surface area contributed by atoms with E-state index < -0.39 is 0 Å². The Hall–Kier alpha value is -2.49. The SMILES string of the molecule is CC[C@H](C)c1ccccc1OCC(=O)Nc1ccc(OCC(C)C)cc1. The summed E-state index contributed by atoms with van der Waals surface area (Å²) in [5.41, 5.74) is 1.86. The summed E-state index contributed by atoms with van der Waals surface area (Å²) in [6.07, 6.45) is 1.03. The van der Waals surface area contributed by atoms with Gasteiger partial charge in [-0.05, 0) is 54.2 Å². The van der Waals surface area contributed by atoms with E-state index in [2.05, 4.69) is 39.1 Å². The molecule has 2 aromatic rings. The highest BCUT2D eigenvalue weighted by Crippen LogP contribution is 2.28. The third kappa shape index (κ3) is 6.10. The van der Waals surface area contributed by atoms with Gasteiger partial charge >= 0.3 is 0 Å². The highest BCUT2D eigenvalue weighted by atomic mass is 16.5. The number of nitrogens with one attached hydrogen (secondary N) is 1. The summed E-state index contributed by atoms with van der Waals surface area (Å²) in [4.78, 5) is 12.2. The van der Waals surface area contributed by atoms with Gasteiger partial charge in [0.1, 0.15) is 11.5 Å². The number of para-hydroxylation sites is 1. The Bertz CT molecular complexity index is 695. The molecule has 0 spiro atoms. The molecule has 0 aromatic heterocycles. The molecule has 0 heterocycles. The number of anilines is 1. The summed E-state index contributed by atoms with van der Waals surface area (Å²) in [6, 6.07) is 15.3. The number of carbonyl (C=O) groups excluding carboxylic acids is 1. The zero-order valence-corrected chi connectivity index (χ0v) is 16.1. The van der Waals surface area contributed by atoms with Gasteiger partial charge in [-0.2, -0.15) is 0 Å². The predicted octanol–water partition coefficient (Wildman–Crippen LogP) is 5.25. The molecule has 0 saturated heterocycles. The van der Waals surface area contributed by atoms with Crippen molar-refractivity contribution >= 4 is 11.6 Å². The number of carbonyl (C=O) groups is 1. The number of hydrogen-bond acceptors (Lipinski definition) is 3. The third-order valence-corrected chi connectivity index (χ3v) is 4.14. The molecule has 1 atom stereocenters. The number of rotatable bonds is 9. The molecule has 0 aliphatic rings. The average molecular weight is 355 g/mol. The van der Waals surface area contributed by atoms with Crippen molar-refractivity contribution in [2.75, 3.05) is 18.5 Å². The minimum atomic E-state index is -0.181. The highest BCUT2D eigenvalue weighted by Gasteiger charge is 2.11. The molecule has 4 heteroatoms. The maximum Gasteiger partial charge on any atom is 0.262 e. The van der Waals surface area contributed by atoms with Crippen molar-refractivity contribution in [2.45, 2.75) is 40.0 Å². The van der Waals surface area contributed by atoms with Crippen LogP contribution in [0.4, 0.5) is 5.69 Å². The van der Waals surface area contributed by atoms with Crippen LogP contribution in [-0.4, -0.2) is 19.1 Å². The van der Waals surface area contributed by atoms with E-state index in [1.165, 1.54) is 0 Å². The van der Waals surface area contributed by atoms with E-state index in [4.69, 9.17) is 9.47 Å². The highest BCUT2D eigenvalue weighted by molar-refractivity contribution is 5.91. The topological polar surface area (TPSA) is 47.6 Å². The Labute approximate surface area is 156 Å². The summed E-state index contributed by atoms with van der Waals surface area (Å²) < 4.78 is 11.4. The first kappa shape index (κ1) is 19.8. The lowest BCUT2D eigenvalue weighted by Gasteiger charge is -2.15. The van der Waals surface area contributed by atoms with Gasteiger partial charge in [0.2, 0.25) is 0 Å². The summed E-state index contributed by atoms with van der Waals surface area (Å²) in [6.45, 7) is 9.17. The number of amides is 1. The first-order chi connectivity index (χ1) is 12.5. The fourth-order valence-electron chi connectivity index (χ4n) is 2.48. The maximum atomic E-state index is 12.2. The Kier molecular flexibility index (Phi) is 7.52. The summed E-state index contributed by atoms with van der Waals surface area (Å²) in [7, 11) is 0. The molecule has 1 amide bonds. The minimum absolute atomic E-state index is 0.0148. The van der Waals surface area contributed by atoms with Gasteiger partial charge in [0.05, 0.1) is 6.61 Å². The Morgan fingerprint density at radius 2 is 1.69 bits per heavy atom. The van der Waals surface area contributed by atoms with E-state index in [1.807, 2.05) is 42.5 Å². The molecular formula is C22H29NO3. The van der Waals surface area contributed by atoms with Gasteiger partial charge in [-0.15, -0.1) is 0 Å². The zero-order chi connectivity index (χ0) is 18.9. The molecule has 2 aromatic carbocycles. The second-order valence-electron chi connectivity index (χ2n) is 6.91. The second kappa shape index (κ2) is 9.85. The number of ether oxygens (including phenoxy) is 2. The largest absolute Gasteiger partial charge is 0.493 e. The van der Waals surface area contributed by atoms with E-state index in [9.17, 15) is 4.79 Å². The van der Waals surface area contributed by atoms with E-state index in [0.29, 0.717) is 18.4 Å². The smallest absolute Gasteiger partial charge is 0.262 e. The maximum absolute atomic E-state index is 12.2. The third-order valence-electron chi connectivity index (χ3n) is 4.14. The van der Waals surface area contributed by atoms with Crippen molar-refractivity contribution in [2.24, 2.45) is 5.92 Å². The molecule has 0 aliphatic heterocycles. The number of benzene rings is 2. The molecule has 26 heavy (non-hydrogen) atoms. The van der Waals surface area contributed by atoms with Crippen molar-refractivity contribution in [3.63, 3.8) is 0 Å². The second-order valence-corrected chi connectivity index (χ2v) is 6.91. The van der Waals surface area contributed by atoms with Crippen LogP contribution in [0.3, 0.4) is 0 Å². The van der Waals surface area contributed by atoms with Crippen molar-refractivity contribution in [3.05, 3.63) is 54.1 Å². The van der Waals surface area contributed by atoms with Crippen LogP contribution in [0.2, 0.25) is 0 Å². The molecule has 140 valence electrons. The van der Waals surface area contributed by atoms with Gasteiger partial charge in [0.25, 0.3) is 5.91 Å². The van der Waals surface area contributed by atoms with E-state index >= 15 is 0 Å². The Balaban J connectivity index is 1.87. The summed E-state index contributed by atoms with van der Waals surface area (Å²) >= 11 is 0. The van der Waals surface area contributed by atoms with Gasteiger partial charge in [-0.25, -0.2) is 0 Å². The first-order valence-electron chi connectivity index (χ1n) is 9.24. The van der Waals surface area contributed by atoms with Crippen molar-refractivity contribution < 1.29 is 14.3 Å². The molecule has 0 aliphatic carbocycles. The van der Waals surface area contributed by atoms with Crippen LogP contribution in [0, 0.1) is 5.92 Å². The fraction of sp³-hybridized carbons (Fsp3) is 0.409. The van der Waals surface area contributed by atoms with Crippen LogP contribution < -0.4 is 14.8 Å². The molecule has 0 saturated carbocycles. The minimum Gasteiger partial charge on any atom is -0.493 e. The monoisotopic (exact) mass is 355 g/mol. The number of hydrogen-bond donors (Lipinski definition) is 1. The van der Waals surface area contributed by atoms with Gasteiger partial charge in [-0.1, -0.05) is 45.9 Å². The molecule has 4 nitrogen and oxygen atoms in total. The molecule has 0 fully saturated rings. The molecule has 0 unspecified atom stereocenters. The fourth-order valence-corrected chi connectivity index (χ4v) is 2.48. The molecular weight excluding hydrogens is 326 g/mol. The quantitative estimate of drug-likeness (QED) is 0.668. The van der Waals surface area contributed by atoms with Crippen LogP contribution in [0.1, 0.15) is 45.6 Å². The van der Waals surface area contributed by atoms with Crippen LogP contribution in [-0.2, 0) is 4.79 Å². The standard InChI is InChI=1S/C22H29NO3/c1-5-17(4)20-8-6-7-9-21(20)26-15-22(24)23-18-10-12-19(13-11-18)25-14-16(2)3/h6-13,16-17H,5,14-15H2,1-4H3,(H,23,24)/t17-/m0/s1. The Morgan fingerprint density at radius 3 is 2.35 bits per heavy atom. The molecule has 1 N–H and O–H groups in total. The van der Waals surface area contributed by atoms with Crippen molar-refractivity contribution in [3.8, 4) is 11.5 Å². The van der Waals surface area contributed by atoms with Crippen molar-refractivity contribution in [1.82, 2.24) is 0 Å². The lowest BCUT2D eigenvalue weighted by atomic mass is 9.98. The van der Waals surface area contributed by atoms with E-state index in [0.717, 1.165) is 29.2 Å². The van der Waals surface area contributed by atoms with Crippen LogP contribution in [0.5, 0.6) is 11.5 Å². The summed E-state index contributed by atoms with van der Waals surface area (Å²) in [5, 5.41) is 2.85. The van der Waals surface area contributed by atoms with Gasteiger partial charge in [0.15, 0.2) is 6.61 Å². The average Bonchev–Trinajstić information content (AvgIpc) is 2.65. The molecule has 2 rings (SSSR count).